The SMILES string of the molecule is Cn1c(Cl)cnc1COCC1CCNC1. The molecule has 1 aromatic heterocycles. The van der Waals surface area contributed by atoms with Crippen LogP contribution in [0.1, 0.15) is 12.2 Å². The second-order valence-electron chi connectivity index (χ2n) is 3.93. The number of aromatic nitrogens is 2. The highest BCUT2D eigenvalue weighted by Crippen LogP contribution is 2.12. The zero-order valence-electron chi connectivity index (χ0n) is 8.87. The molecule has 4 nitrogen and oxygen atoms in total. The lowest BCUT2D eigenvalue weighted by Crippen LogP contribution is -2.14. The van der Waals surface area contributed by atoms with Crippen LogP contribution in [-0.4, -0.2) is 29.2 Å². The maximum Gasteiger partial charge on any atom is 0.135 e. The summed E-state index contributed by atoms with van der Waals surface area (Å²) < 4.78 is 7.46. The van der Waals surface area contributed by atoms with E-state index in [1.54, 1.807) is 6.20 Å². The van der Waals surface area contributed by atoms with Crippen molar-refractivity contribution in [3.05, 3.63) is 17.2 Å². The zero-order chi connectivity index (χ0) is 10.7. The van der Waals surface area contributed by atoms with Crippen LogP contribution in [0.3, 0.4) is 0 Å². The number of imidazole rings is 1. The quantitative estimate of drug-likeness (QED) is 0.844. The molecule has 1 unspecified atom stereocenters. The molecule has 2 heterocycles. The Morgan fingerprint density at radius 3 is 3.20 bits per heavy atom. The van der Waals surface area contributed by atoms with E-state index in [1.807, 2.05) is 11.6 Å². The number of halogens is 1. The zero-order valence-corrected chi connectivity index (χ0v) is 9.63. The van der Waals surface area contributed by atoms with Crippen LogP contribution < -0.4 is 5.32 Å². The second-order valence-corrected chi connectivity index (χ2v) is 4.32. The Balaban J connectivity index is 1.75. The minimum atomic E-state index is 0.541. The number of hydrogen-bond donors (Lipinski definition) is 1. The third-order valence-corrected chi connectivity index (χ3v) is 3.13. The third kappa shape index (κ3) is 2.71. The summed E-state index contributed by atoms with van der Waals surface area (Å²) in [5.41, 5.74) is 0. The maximum atomic E-state index is 5.87. The van der Waals surface area contributed by atoms with Gasteiger partial charge in [0, 0.05) is 13.6 Å². The van der Waals surface area contributed by atoms with Gasteiger partial charge in [0.1, 0.15) is 17.6 Å². The van der Waals surface area contributed by atoms with Gasteiger partial charge in [0.25, 0.3) is 0 Å². The first-order valence-corrected chi connectivity index (χ1v) is 5.59. The van der Waals surface area contributed by atoms with Crippen molar-refractivity contribution >= 4 is 11.6 Å². The molecule has 1 aliphatic heterocycles. The van der Waals surface area contributed by atoms with Gasteiger partial charge in [-0.25, -0.2) is 4.98 Å². The molecule has 1 N–H and O–H groups in total. The van der Waals surface area contributed by atoms with Gasteiger partial charge in [0.15, 0.2) is 0 Å². The lowest BCUT2D eigenvalue weighted by atomic mass is 10.1. The van der Waals surface area contributed by atoms with Crippen molar-refractivity contribution in [2.75, 3.05) is 19.7 Å². The molecule has 0 spiro atoms. The molecule has 0 amide bonds. The fourth-order valence-corrected chi connectivity index (χ4v) is 1.88. The van der Waals surface area contributed by atoms with Gasteiger partial charge in [-0.05, 0) is 18.9 Å². The van der Waals surface area contributed by atoms with Gasteiger partial charge >= 0.3 is 0 Å². The van der Waals surface area contributed by atoms with Gasteiger partial charge in [-0.15, -0.1) is 0 Å². The average Bonchev–Trinajstić information content (AvgIpc) is 2.83. The topological polar surface area (TPSA) is 39.1 Å². The van der Waals surface area contributed by atoms with Gasteiger partial charge in [-0.3, -0.25) is 0 Å². The third-order valence-electron chi connectivity index (χ3n) is 2.77. The molecule has 1 fully saturated rings. The Labute approximate surface area is 94.6 Å². The summed E-state index contributed by atoms with van der Waals surface area (Å²) >= 11 is 5.87. The van der Waals surface area contributed by atoms with E-state index in [0.29, 0.717) is 17.7 Å². The Morgan fingerprint density at radius 1 is 1.73 bits per heavy atom. The molecule has 0 aromatic carbocycles. The molecule has 0 saturated carbocycles. The summed E-state index contributed by atoms with van der Waals surface area (Å²) in [5, 5.41) is 3.96. The average molecular weight is 230 g/mol. The number of nitrogens with one attached hydrogen (secondary N) is 1. The molecule has 0 radical (unpaired) electrons. The van der Waals surface area contributed by atoms with Crippen LogP contribution in [0.5, 0.6) is 0 Å². The molecular weight excluding hydrogens is 214 g/mol. The van der Waals surface area contributed by atoms with Crippen molar-refractivity contribution in [2.45, 2.75) is 13.0 Å². The Morgan fingerprint density at radius 2 is 2.60 bits per heavy atom. The molecule has 84 valence electrons. The molecule has 1 aromatic rings. The first-order valence-electron chi connectivity index (χ1n) is 5.22. The van der Waals surface area contributed by atoms with Crippen LogP contribution >= 0.6 is 11.6 Å². The highest BCUT2D eigenvalue weighted by molar-refractivity contribution is 6.29. The molecule has 15 heavy (non-hydrogen) atoms. The Hall–Kier alpha value is -0.580. The molecule has 0 aliphatic carbocycles. The van der Waals surface area contributed by atoms with Gasteiger partial charge < -0.3 is 14.6 Å². The van der Waals surface area contributed by atoms with Crippen molar-refractivity contribution in [3.8, 4) is 0 Å². The standard InChI is InChI=1S/C10H16ClN3O/c1-14-9(11)5-13-10(14)7-15-6-8-2-3-12-4-8/h5,8,12H,2-4,6-7H2,1H3. The molecule has 1 atom stereocenters. The molecule has 1 saturated heterocycles. The number of ether oxygens (including phenoxy) is 1. The minimum absolute atomic E-state index is 0.541. The van der Waals surface area contributed by atoms with Crippen molar-refractivity contribution in [3.63, 3.8) is 0 Å². The summed E-state index contributed by atoms with van der Waals surface area (Å²) in [4.78, 5) is 4.17. The fraction of sp³-hybridized carbons (Fsp3) is 0.700. The Bertz CT molecular complexity index is 320. The van der Waals surface area contributed by atoms with E-state index in [1.165, 1.54) is 6.42 Å². The van der Waals surface area contributed by atoms with E-state index in [-0.39, 0.29) is 0 Å². The van der Waals surface area contributed by atoms with Crippen LogP contribution in [0.15, 0.2) is 6.20 Å². The summed E-state index contributed by atoms with van der Waals surface area (Å²) in [6.07, 6.45) is 2.86. The first-order chi connectivity index (χ1) is 7.27. The summed E-state index contributed by atoms with van der Waals surface area (Å²) in [7, 11) is 1.89. The molecule has 5 heteroatoms. The lowest BCUT2D eigenvalue weighted by Gasteiger charge is -2.09. The van der Waals surface area contributed by atoms with E-state index in [9.17, 15) is 0 Å². The predicted octanol–water partition coefficient (Wildman–Crippen LogP) is 1.20. The Kier molecular flexibility index (Phi) is 3.61. The molecular formula is C10H16ClN3O. The van der Waals surface area contributed by atoms with Crippen molar-refractivity contribution in [1.29, 1.82) is 0 Å². The highest BCUT2D eigenvalue weighted by Gasteiger charge is 2.14. The van der Waals surface area contributed by atoms with Gasteiger partial charge in [0.05, 0.1) is 12.8 Å². The predicted molar refractivity (Wildman–Crippen MR) is 58.9 cm³/mol. The number of rotatable bonds is 4. The van der Waals surface area contributed by atoms with Crippen molar-refractivity contribution in [2.24, 2.45) is 13.0 Å². The minimum Gasteiger partial charge on any atom is -0.373 e. The maximum absolute atomic E-state index is 5.87. The number of nitrogens with zero attached hydrogens (tertiary/aromatic N) is 2. The normalized spacial score (nSPS) is 21.1. The fourth-order valence-electron chi connectivity index (χ4n) is 1.73. The molecule has 0 bridgehead atoms. The largest absolute Gasteiger partial charge is 0.373 e. The monoisotopic (exact) mass is 229 g/mol. The van der Waals surface area contributed by atoms with Crippen LogP contribution in [0.2, 0.25) is 5.15 Å². The van der Waals surface area contributed by atoms with Gasteiger partial charge in [-0.2, -0.15) is 0 Å². The van der Waals surface area contributed by atoms with Crippen molar-refractivity contribution < 1.29 is 4.74 Å². The van der Waals surface area contributed by atoms with Crippen LogP contribution in [0, 0.1) is 5.92 Å². The summed E-state index contributed by atoms with van der Waals surface area (Å²) in [6, 6.07) is 0. The highest BCUT2D eigenvalue weighted by atomic mass is 35.5. The van der Waals surface area contributed by atoms with Crippen LogP contribution in [0.25, 0.3) is 0 Å². The summed E-state index contributed by atoms with van der Waals surface area (Å²) in [5.74, 6) is 1.53. The molecule has 2 rings (SSSR count). The van der Waals surface area contributed by atoms with E-state index >= 15 is 0 Å². The van der Waals surface area contributed by atoms with E-state index in [2.05, 4.69) is 10.3 Å². The second kappa shape index (κ2) is 4.96. The smallest absolute Gasteiger partial charge is 0.135 e. The van der Waals surface area contributed by atoms with E-state index in [4.69, 9.17) is 16.3 Å². The van der Waals surface area contributed by atoms with Gasteiger partial charge in [0.2, 0.25) is 0 Å². The van der Waals surface area contributed by atoms with Crippen LogP contribution in [0.4, 0.5) is 0 Å². The van der Waals surface area contributed by atoms with E-state index < -0.39 is 0 Å². The van der Waals surface area contributed by atoms with Crippen LogP contribution in [-0.2, 0) is 18.4 Å². The molecule has 1 aliphatic rings. The number of hydrogen-bond acceptors (Lipinski definition) is 3. The van der Waals surface area contributed by atoms with Gasteiger partial charge in [-0.1, -0.05) is 11.6 Å². The first kappa shape index (κ1) is 10.9. The summed E-state index contributed by atoms with van der Waals surface area (Å²) in [6.45, 7) is 3.53. The van der Waals surface area contributed by atoms with Crippen molar-refractivity contribution in [1.82, 2.24) is 14.9 Å². The lowest BCUT2D eigenvalue weighted by molar-refractivity contribution is 0.0864. The van der Waals surface area contributed by atoms with E-state index in [0.717, 1.165) is 25.5 Å².